The molecule has 2 bridgehead atoms. The highest BCUT2D eigenvalue weighted by atomic mass is 35.5. The van der Waals surface area contributed by atoms with Gasteiger partial charge < -0.3 is 49.3 Å². The van der Waals surface area contributed by atoms with Crippen molar-refractivity contribution >= 4 is 75.0 Å². The highest BCUT2D eigenvalue weighted by molar-refractivity contribution is 6.31. The van der Waals surface area contributed by atoms with Gasteiger partial charge >= 0.3 is 24.4 Å². The molecule has 3 aromatic carbocycles. The standard InChI is InChI=1S/C31H38N4O5.C29H40N4O3.C15H17ClN2O.2CO2.CH4/c1-18-12-13-22-24(14-18)34-28-23(33-22)11-9-7-8-10-20-15-26(20)39-19(2)32-27(31(3,4)5)29(36)35-17-21(40-28)16-25(35)30(37)38-6;1-18-12-13-23-25(14-18)33-27(35-22-15-19(2)30-17-22)24(32-23)11-9-7-8-10-21-16-26(21)36-28(34)31-20(3)29(4,5)6;1-9-3-5-11(7-9)19-15-14(16)17-12-6-4-10(2)8-13(12)18-15;2*2-1-3;/h12-14,20-21,25-27,32H,2,7-8,10,15-17H2,1,3-6H3;12-14,19-22,26,30H,7-8,10,15-17H2,1-6H3,(H,31,34);4,6,8-9,11H,3,5,7H2,1-2H3;;;1H4/t20-,21?,25+,26-,27-;19-,20-,21-,22?,26-;9-,11?;;;/m110.../s1. The summed E-state index contributed by atoms with van der Waals surface area (Å²) in [6.07, 6.45) is 11.9. The number of amides is 2. The summed E-state index contributed by atoms with van der Waals surface area (Å²) in [5.41, 5.74) is 8.66. The predicted molar refractivity (Wildman–Crippen MR) is 385 cm³/mol. The number of nitrogens with zero attached hydrogens (tertiary/aromatic N) is 7. The normalized spacial score (nSPS) is 23.5. The van der Waals surface area contributed by atoms with E-state index in [9.17, 15) is 14.4 Å². The molecule has 3 N–H and O–H groups in total. The van der Waals surface area contributed by atoms with Gasteiger partial charge in [-0.25, -0.2) is 39.5 Å². The van der Waals surface area contributed by atoms with Crippen molar-refractivity contribution in [3.8, 4) is 41.3 Å². The van der Waals surface area contributed by atoms with E-state index in [0.717, 1.165) is 127 Å². The van der Waals surface area contributed by atoms with Gasteiger partial charge in [0.25, 0.3) is 5.88 Å². The number of aromatic nitrogens is 6. The van der Waals surface area contributed by atoms with Crippen LogP contribution in [0.1, 0.15) is 181 Å². The summed E-state index contributed by atoms with van der Waals surface area (Å²) in [6, 6.07) is 16.9. The lowest BCUT2D eigenvalue weighted by molar-refractivity contribution is -0.193. The van der Waals surface area contributed by atoms with Crippen LogP contribution in [0, 0.1) is 73.0 Å². The molecule has 102 heavy (non-hydrogen) atoms. The summed E-state index contributed by atoms with van der Waals surface area (Å²) in [5, 5.41) is 9.94. The molecule has 3 aromatic heterocycles. The lowest BCUT2D eigenvalue weighted by Crippen LogP contribution is -2.55. The third-order valence-corrected chi connectivity index (χ3v) is 18.9. The molecule has 5 fully saturated rings. The quantitative estimate of drug-likeness (QED) is 0.0652. The van der Waals surface area contributed by atoms with Crippen molar-refractivity contribution < 1.29 is 62.0 Å². The topological polar surface area (TPSA) is 292 Å². The van der Waals surface area contributed by atoms with E-state index in [2.05, 4.69) is 90.8 Å². The van der Waals surface area contributed by atoms with E-state index in [-0.39, 0.29) is 80.6 Å². The maximum Gasteiger partial charge on any atom is 0.407 e. The molecule has 3 unspecified atom stereocenters. The first kappa shape index (κ1) is 80.1. The predicted octanol–water partition coefficient (Wildman–Crippen LogP) is 12.6. The molecule has 3 aliphatic heterocycles. The molecule has 0 radical (unpaired) electrons. The number of halogens is 1. The van der Waals surface area contributed by atoms with Crippen LogP contribution in [-0.2, 0) is 43.0 Å². The molecule has 6 heterocycles. The van der Waals surface area contributed by atoms with Gasteiger partial charge in [0.05, 0.1) is 46.8 Å². The molecule has 546 valence electrons. The number of ether oxygens (including phenoxy) is 6. The molecule has 12 rings (SSSR count). The van der Waals surface area contributed by atoms with Gasteiger partial charge in [0, 0.05) is 44.3 Å². The van der Waals surface area contributed by atoms with Crippen LogP contribution in [0.15, 0.2) is 67.1 Å². The molecule has 12 atom stereocenters. The largest absolute Gasteiger partial charge is 0.476 e. The fourth-order valence-electron chi connectivity index (χ4n) is 12.3. The Morgan fingerprint density at radius 2 is 1.40 bits per heavy atom. The number of carbonyl (C=O) groups excluding carboxylic acids is 7. The van der Waals surface area contributed by atoms with Crippen LogP contribution in [0.5, 0.6) is 17.6 Å². The molecule has 2 amide bonds. The SMILES string of the molecule is C.C=C1N[C@@H](C(C)(C)C)C(=O)N2CC(C[C@H]2C(=O)OC)Oc2nc3cc(C)ccc3nc2C#CCCC[C@@H]2C[C@H]2O1.Cc1ccc2nc(C#CCCC[C@@H]3C[C@H]3OC(=O)N[C@H](C)C(C)(C)C)c(OC3CN[C@H](C)C3)nc2c1.Cc1ccc2nc(Cl)c(OC3CC[C@H](C)C3)nc2c1.O=C=O.O=C=O. The van der Waals surface area contributed by atoms with Crippen molar-refractivity contribution in [1.82, 2.24) is 50.8 Å². The van der Waals surface area contributed by atoms with Crippen LogP contribution in [0.3, 0.4) is 0 Å². The number of benzene rings is 3. The Bertz CT molecular complexity index is 4130. The van der Waals surface area contributed by atoms with E-state index < -0.39 is 29.6 Å². The molecule has 24 heteroatoms. The van der Waals surface area contributed by atoms with Crippen LogP contribution in [0.4, 0.5) is 4.79 Å². The summed E-state index contributed by atoms with van der Waals surface area (Å²) in [7, 11) is 1.33. The highest BCUT2D eigenvalue weighted by Crippen LogP contribution is 2.41. The Balaban J connectivity index is 0.000000215. The van der Waals surface area contributed by atoms with E-state index in [1.54, 1.807) is 4.90 Å². The summed E-state index contributed by atoms with van der Waals surface area (Å²) in [6.45, 7) is 29.8. The maximum absolute atomic E-state index is 14.0. The monoisotopic (exact) mass is 1420 g/mol. The van der Waals surface area contributed by atoms with Crippen LogP contribution in [0.25, 0.3) is 33.1 Å². The smallest absolute Gasteiger partial charge is 0.407 e. The number of rotatable bonds is 10. The number of carbonyl (C=O) groups is 3. The molecular formula is C78H99ClN10O13. The van der Waals surface area contributed by atoms with Crippen LogP contribution < -0.4 is 30.2 Å². The first-order valence-corrected chi connectivity index (χ1v) is 35.1. The number of alkyl carbamates (subject to hydrolysis) is 1. The molecule has 0 spiro atoms. The minimum Gasteiger partial charge on any atom is -0.476 e. The number of methoxy groups -OCH3 is 1. The van der Waals surface area contributed by atoms with E-state index >= 15 is 0 Å². The number of aryl methyl sites for hydroxylation is 3. The number of fused-ring (bicyclic) bond motifs is 7. The molecule has 3 aliphatic carbocycles. The third kappa shape index (κ3) is 23.1. The van der Waals surface area contributed by atoms with Crippen LogP contribution >= 0.6 is 11.6 Å². The van der Waals surface area contributed by atoms with Crippen LogP contribution in [0.2, 0.25) is 5.15 Å². The van der Waals surface area contributed by atoms with Gasteiger partial charge in [0.1, 0.15) is 42.6 Å². The summed E-state index contributed by atoms with van der Waals surface area (Å²) < 4.78 is 35.3. The highest BCUT2D eigenvalue weighted by Gasteiger charge is 2.47. The van der Waals surface area contributed by atoms with E-state index in [1.807, 2.05) is 103 Å². The van der Waals surface area contributed by atoms with Gasteiger partial charge in [0.15, 0.2) is 22.4 Å². The number of hydrogen-bond acceptors (Lipinski definition) is 21. The van der Waals surface area contributed by atoms with Crippen molar-refractivity contribution in [2.45, 2.75) is 229 Å². The van der Waals surface area contributed by atoms with Crippen LogP contribution in [-0.4, -0.2) is 140 Å². The summed E-state index contributed by atoms with van der Waals surface area (Å²) in [5.74, 6) is 15.4. The first-order chi connectivity index (χ1) is 48.1. The average Bonchev–Trinajstić information content (AvgIpc) is 1.66. The summed E-state index contributed by atoms with van der Waals surface area (Å²) >= 11 is 6.16. The first-order valence-electron chi connectivity index (χ1n) is 34.7. The average molecular weight is 1420 g/mol. The maximum atomic E-state index is 14.0. The zero-order valence-electron chi connectivity index (χ0n) is 60.3. The molecule has 2 saturated heterocycles. The van der Waals surface area contributed by atoms with Gasteiger partial charge in [-0.1, -0.05) is 97.5 Å². The number of esters is 1. The minimum absolute atomic E-state index is 0. The van der Waals surface area contributed by atoms with Crippen molar-refractivity contribution in [2.75, 3.05) is 20.2 Å². The van der Waals surface area contributed by atoms with Gasteiger partial charge in [-0.05, 0) is 192 Å². The molecule has 6 aromatic rings. The molecule has 23 nitrogen and oxygen atoms in total. The van der Waals surface area contributed by atoms with Gasteiger partial charge in [-0.15, -0.1) is 0 Å². The second-order valence-electron chi connectivity index (χ2n) is 29.2. The van der Waals surface area contributed by atoms with Crippen molar-refractivity contribution in [1.29, 1.82) is 0 Å². The Hall–Kier alpha value is -9.24. The third-order valence-electron chi connectivity index (χ3n) is 18.6. The van der Waals surface area contributed by atoms with E-state index in [0.29, 0.717) is 63.5 Å². The summed E-state index contributed by atoms with van der Waals surface area (Å²) in [4.78, 5) is 101. The molecule has 3 saturated carbocycles. The van der Waals surface area contributed by atoms with Crippen molar-refractivity contribution in [3.63, 3.8) is 0 Å². The van der Waals surface area contributed by atoms with Gasteiger partial charge in [-0.2, -0.15) is 19.2 Å². The van der Waals surface area contributed by atoms with E-state index in [4.69, 9.17) is 79.1 Å². The number of hydrogen-bond donors (Lipinski definition) is 3. The molecular weight excluding hydrogens is 1320 g/mol. The minimum atomic E-state index is -0.802. The Kier molecular flexibility index (Phi) is 28.7. The fraction of sp³-hybridized carbons (Fsp3) is 0.551. The van der Waals surface area contributed by atoms with Gasteiger partial charge in [-0.3, -0.25) is 4.79 Å². The zero-order chi connectivity index (χ0) is 73.3. The Morgan fingerprint density at radius 1 is 0.784 bits per heavy atom. The van der Waals surface area contributed by atoms with Crippen molar-refractivity contribution in [3.05, 3.63) is 100 Å². The lowest BCUT2D eigenvalue weighted by Gasteiger charge is -2.35. The lowest BCUT2D eigenvalue weighted by atomic mass is 9.85. The van der Waals surface area contributed by atoms with E-state index in [1.165, 1.54) is 13.5 Å². The second-order valence-corrected chi connectivity index (χ2v) is 29.6. The number of unbranched alkanes of at least 4 members (excludes halogenated alkanes) is 1. The number of nitrogens with one attached hydrogen (secondary N) is 3. The zero-order valence-corrected chi connectivity index (χ0v) is 61.0. The second kappa shape index (κ2) is 36.6. The molecule has 6 aliphatic rings. The fourth-order valence-corrected chi connectivity index (χ4v) is 12.5. The Morgan fingerprint density at radius 3 is 2.00 bits per heavy atom. The van der Waals surface area contributed by atoms with Crippen molar-refractivity contribution in [2.24, 2.45) is 28.6 Å². The Labute approximate surface area is 603 Å². The van der Waals surface area contributed by atoms with Gasteiger partial charge in [0.2, 0.25) is 17.7 Å².